The maximum atomic E-state index is 5.17. The van der Waals surface area contributed by atoms with E-state index in [1.54, 1.807) is 13.3 Å². The molecule has 0 aliphatic carbocycles. The van der Waals surface area contributed by atoms with E-state index in [1.165, 1.54) is 6.33 Å². The van der Waals surface area contributed by atoms with Crippen LogP contribution < -0.4 is 15.4 Å². The smallest absolute Gasteiger partial charge is 0.226 e. The van der Waals surface area contributed by atoms with Crippen molar-refractivity contribution in [2.75, 3.05) is 17.7 Å². The second kappa shape index (κ2) is 7.35. The summed E-state index contributed by atoms with van der Waals surface area (Å²) in [7, 11) is 1.64. The largest absolute Gasteiger partial charge is 0.497 e. The number of rotatable bonds is 5. The van der Waals surface area contributed by atoms with E-state index in [2.05, 4.69) is 51.3 Å². The fourth-order valence-corrected chi connectivity index (χ4v) is 2.29. The first kappa shape index (κ1) is 17.6. The van der Waals surface area contributed by atoms with Gasteiger partial charge in [-0.25, -0.2) is 15.0 Å². The van der Waals surface area contributed by atoms with Gasteiger partial charge in [0.2, 0.25) is 5.95 Å². The number of ether oxygens (including phenoxy) is 1. The van der Waals surface area contributed by atoms with E-state index in [-0.39, 0.29) is 5.54 Å². The molecule has 0 radical (unpaired) electrons. The Morgan fingerprint density at radius 1 is 0.962 bits per heavy atom. The predicted molar refractivity (Wildman–Crippen MR) is 103 cm³/mol. The molecule has 3 aromatic rings. The second-order valence-corrected chi connectivity index (χ2v) is 6.79. The summed E-state index contributed by atoms with van der Waals surface area (Å²) >= 11 is 0. The van der Waals surface area contributed by atoms with Crippen molar-refractivity contribution < 1.29 is 4.74 Å². The molecule has 2 heterocycles. The zero-order chi connectivity index (χ0) is 18.6. The Kier molecular flexibility index (Phi) is 4.97. The predicted octanol–water partition coefficient (Wildman–Crippen LogP) is 3.90. The van der Waals surface area contributed by atoms with Crippen LogP contribution >= 0.6 is 0 Å². The Morgan fingerprint density at radius 2 is 1.73 bits per heavy atom. The Labute approximate surface area is 152 Å². The first-order chi connectivity index (χ1) is 12.4. The molecule has 3 rings (SSSR count). The molecule has 0 saturated carbocycles. The lowest BCUT2D eigenvalue weighted by Gasteiger charge is -2.20. The molecule has 1 aromatic carbocycles. The number of benzene rings is 1. The number of hydrogen-bond acceptors (Lipinski definition) is 7. The molecule has 7 nitrogen and oxygen atoms in total. The summed E-state index contributed by atoms with van der Waals surface area (Å²) in [6.07, 6.45) is 3.23. The molecule has 0 spiro atoms. The normalized spacial score (nSPS) is 11.1. The highest BCUT2D eigenvalue weighted by atomic mass is 16.5. The fraction of sp³-hybridized carbons (Fsp3) is 0.263. The Bertz CT molecular complexity index is 874. The van der Waals surface area contributed by atoms with Crippen molar-refractivity contribution in [2.24, 2.45) is 0 Å². The topological polar surface area (TPSA) is 84.9 Å². The summed E-state index contributed by atoms with van der Waals surface area (Å²) < 4.78 is 5.17. The summed E-state index contributed by atoms with van der Waals surface area (Å²) in [6, 6.07) is 11.4. The number of hydrogen-bond donors (Lipinski definition) is 2. The molecule has 0 amide bonds. The van der Waals surface area contributed by atoms with Crippen molar-refractivity contribution in [3.05, 3.63) is 48.9 Å². The van der Waals surface area contributed by atoms with Gasteiger partial charge in [0, 0.05) is 23.0 Å². The van der Waals surface area contributed by atoms with Crippen molar-refractivity contribution in [1.29, 1.82) is 0 Å². The number of pyridine rings is 1. The van der Waals surface area contributed by atoms with Crippen molar-refractivity contribution in [3.63, 3.8) is 0 Å². The van der Waals surface area contributed by atoms with Gasteiger partial charge in [-0.05, 0) is 57.2 Å². The van der Waals surface area contributed by atoms with Crippen LogP contribution in [0.1, 0.15) is 20.8 Å². The van der Waals surface area contributed by atoms with Crippen LogP contribution in [0.5, 0.6) is 5.75 Å². The lowest BCUT2D eigenvalue weighted by Crippen LogP contribution is -2.27. The standard InChI is InChI=1S/C19H22N6O/c1-19(2,3)25-18-22-12-21-17(24-18)13-9-10-20-16(11-13)23-14-5-7-15(26-4)8-6-14/h5-12H,1-4H3,(H,20,23)(H,21,22,24,25). The van der Waals surface area contributed by atoms with Gasteiger partial charge in [0.15, 0.2) is 5.82 Å². The van der Waals surface area contributed by atoms with Gasteiger partial charge in [-0.1, -0.05) is 0 Å². The molecule has 0 aliphatic rings. The van der Waals surface area contributed by atoms with Crippen LogP contribution in [0.25, 0.3) is 11.4 Å². The summed E-state index contributed by atoms with van der Waals surface area (Å²) in [5, 5.41) is 6.52. The molecule has 0 unspecified atom stereocenters. The highest BCUT2D eigenvalue weighted by molar-refractivity contribution is 5.64. The van der Waals surface area contributed by atoms with E-state index < -0.39 is 0 Å². The number of nitrogens with one attached hydrogen (secondary N) is 2. The Balaban J connectivity index is 1.81. The molecule has 2 N–H and O–H groups in total. The average Bonchev–Trinajstić information content (AvgIpc) is 2.61. The molecule has 0 aliphatic heterocycles. The zero-order valence-electron chi connectivity index (χ0n) is 15.3. The van der Waals surface area contributed by atoms with Gasteiger partial charge in [-0.3, -0.25) is 0 Å². The molecule has 26 heavy (non-hydrogen) atoms. The minimum Gasteiger partial charge on any atom is -0.497 e. The summed E-state index contributed by atoms with van der Waals surface area (Å²) in [5.41, 5.74) is 1.65. The first-order valence-corrected chi connectivity index (χ1v) is 8.28. The van der Waals surface area contributed by atoms with Crippen LogP contribution in [0.4, 0.5) is 17.5 Å². The molecule has 2 aromatic heterocycles. The average molecular weight is 350 g/mol. The SMILES string of the molecule is COc1ccc(Nc2cc(-c3ncnc(NC(C)(C)C)n3)ccn2)cc1. The maximum absolute atomic E-state index is 5.17. The third kappa shape index (κ3) is 4.66. The van der Waals surface area contributed by atoms with E-state index in [4.69, 9.17) is 4.74 Å². The van der Waals surface area contributed by atoms with Crippen molar-refractivity contribution in [1.82, 2.24) is 19.9 Å². The highest BCUT2D eigenvalue weighted by Gasteiger charge is 2.12. The summed E-state index contributed by atoms with van der Waals surface area (Å²) in [4.78, 5) is 17.3. The fourth-order valence-electron chi connectivity index (χ4n) is 2.29. The van der Waals surface area contributed by atoms with Gasteiger partial charge >= 0.3 is 0 Å². The summed E-state index contributed by atoms with van der Waals surface area (Å²) in [5.74, 6) is 2.65. The van der Waals surface area contributed by atoms with Crippen LogP contribution in [0, 0.1) is 0 Å². The second-order valence-electron chi connectivity index (χ2n) is 6.79. The van der Waals surface area contributed by atoms with Gasteiger partial charge < -0.3 is 15.4 Å². The van der Waals surface area contributed by atoms with Gasteiger partial charge in [-0.2, -0.15) is 4.98 Å². The maximum Gasteiger partial charge on any atom is 0.226 e. The number of aromatic nitrogens is 4. The third-order valence-corrected chi connectivity index (χ3v) is 3.44. The molecular formula is C19H22N6O. The lowest BCUT2D eigenvalue weighted by atomic mass is 10.1. The minimum atomic E-state index is -0.127. The highest BCUT2D eigenvalue weighted by Crippen LogP contribution is 2.22. The van der Waals surface area contributed by atoms with E-state index >= 15 is 0 Å². The van der Waals surface area contributed by atoms with Crippen LogP contribution in [-0.2, 0) is 0 Å². The van der Waals surface area contributed by atoms with Gasteiger partial charge in [0.1, 0.15) is 17.9 Å². The first-order valence-electron chi connectivity index (χ1n) is 8.28. The van der Waals surface area contributed by atoms with Gasteiger partial charge in [0.25, 0.3) is 0 Å². The molecule has 0 fully saturated rings. The monoisotopic (exact) mass is 350 g/mol. The van der Waals surface area contributed by atoms with E-state index in [9.17, 15) is 0 Å². The molecule has 0 saturated heterocycles. The molecule has 7 heteroatoms. The van der Waals surface area contributed by atoms with Crippen LogP contribution in [0.2, 0.25) is 0 Å². The Hall–Kier alpha value is -3.22. The third-order valence-electron chi connectivity index (χ3n) is 3.44. The zero-order valence-corrected chi connectivity index (χ0v) is 15.3. The van der Waals surface area contributed by atoms with Gasteiger partial charge in [0.05, 0.1) is 7.11 Å². The van der Waals surface area contributed by atoms with Gasteiger partial charge in [-0.15, -0.1) is 0 Å². The molecule has 0 bridgehead atoms. The quantitative estimate of drug-likeness (QED) is 0.722. The van der Waals surface area contributed by atoms with Crippen molar-refractivity contribution in [2.45, 2.75) is 26.3 Å². The number of anilines is 3. The van der Waals surface area contributed by atoms with E-state index in [1.807, 2.05) is 36.4 Å². The number of methoxy groups -OCH3 is 1. The minimum absolute atomic E-state index is 0.127. The van der Waals surface area contributed by atoms with E-state index in [0.717, 1.165) is 17.0 Å². The number of nitrogens with zero attached hydrogens (tertiary/aromatic N) is 4. The van der Waals surface area contributed by atoms with Crippen LogP contribution in [0.3, 0.4) is 0 Å². The lowest BCUT2D eigenvalue weighted by molar-refractivity contribution is 0.415. The van der Waals surface area contributed by atoms with Crippen molar-refractivity contribution in [3.8, 4) is 17.1 Å². The Morgan fingerprint density at radius 3 is 2.42 bits per heavy atom. The van der Waals surface area contributed by atoms with Crippen LogP contribution in [0.15, 0.2) is 48.9 Å². The summed E-state index contributed by atoms with van der Waals surface area (Å²) in [6.45, 7) is 6.17. The molecular weight excluding hydrogens is 328 g/mol. The van der Waals surface area contributed by atoms with Crippen LogP contribution in [-0.4, -0.2) is 32.6 Å². The molecule has 0 atom stereocenters. The van der Waals surface area contributed by atoms with E-state index in [0.29, 0.717) is 17.6 Å². The molecule has 134 valence electrons. The van der Waals surface area contributed by atoms with Crippen molar-refractivity contribution >= 4 is 17.5 Å².